The summed E-state index contributed by atoms with van der Waals surface area (Å²) in [6.07, 6.45) is 1.53. The molecular formula is C25H19BrClN3O6. The van der Waals surface area contributed by atoms with Crippen LogP contribution in [-0.2, 0) is 11.4 Å². The maximum absolute atomic E-state index is 13.0. The van der Waals surface area contributed by atoms with Crippen molar-refractivity contribution in [3.8, 4) is 11.5 Å². The molecular weight excluding hydrogens is 554 g/mol. The molecule has 0 bridgehead atoms. The number of nitrogens with zero attached hydrogens (tertiary/aromatic N) is 2. The van der Waals surface area contributed by atoms with E-state index in [4.69, 9.17) is 21.1 Å². The summed E-state index contributed by atoms with van der Waals surface area (Å²) < 4.78 is 12.2. The molecule has 1 N–H and O–H groups in total. The summed E-state index contributed by atoms with van der Waals surface area (Å²) in [5.41, 5.74) is 1.59. The van der Waals surface area contributed by atoms with Crippen molar-refractivity contribution in [2.24, 2.45) is 0 Å². The molecule has 0 aromatic heterocycles. The van der Waals surface area contributed by atoms with Crippen LogP contribution in [0.5, 0.6) is 11.5 Å². The standard InChI is InChI=1S/C25H19BrClN3O6/c1-2-35-22-11-16(10-21-24(31)29(25(32)28-21)18-7-4-6-17(27)12-18)20(26)13-23(22)36-14-15-5-3-8-19(9-15)30(33)34/h3-13H,2,14H2,1H3,(H,28,32)/b21-10+. The van der Waals surface area contributed by atoms with E-state index in [0.717, 1.165) is 4.90 Å². The molecule has 3 aromatic rings. The molecule has 3 amide bonds. The molecule has 1 heterocycles. The van der Waals surface area contributed by atoms with Crippen LogP contribution < -0.4 is 19.7 Å². The van der Waals surface area contributed by atoms with Crippen molar-refractivity contribution >= 4 is 56.9 Å². The quantitative estimate of drug-likeness (QED) is 0.151. The molecule has 184 valence electrons. The Bertz CT molecular complexity index is 1390. The maximum atomic E-state index is 13.0. The molecule has 0 aliphatic carbocycles. The molecule has 1 aliphatic heterocycles. The third-order valence-corrected chi connectivity index (χ3v) is 6.04. The Morgan fingerprint density at radius 2 is 1.83 bits per heavy atom. The van der Waals surface area contributed by atoms with Gasteiger partial charge in [-0.3, -0.25) is 14.9 Å². The second-order valence-electron chi connectivity index (χ2n) is 7.58. The first-order valence-corrected chi connectivity index (χ1v) is 11.9. The zero-order valence-corrected chi connectivity index (χ0v) is 21.2. The molecule has 0 atom stereocenters. The molecule has 0 saturated carbocycles. The largest absolute Gasteiger partial charge is 0.490 e. The Balaban J connectivity index is 1.59. The highest BCUT2D eigenvalue weighted by Gasteiger charge is 2.35. The van der Waals surface area contributed by atoms with Gasteiger partial charge in [0.15, 0.2) is 11.5 Å². The predicted octanol–water partition coefficient (Wildman–Crippen LogP) is 6.09. The highest BCUT2D eigenvalue weighted by Crippen LogP contribution is 2.36. The summed E-state index contributed by atoms with van der Waals surface area (Å²) in [6.45, 7) is 2.24. The highest BCUT2D eigenvalue weighted by atomic mass is 79.9. The van der Waals surface area contributed by atoms with Crippen LogP contribution in [0.2, 0.25) is 5.02 Å². The first kappa shape index (κ1) is 25.2. The van der Waals surface area contributed by atoms with Crippen LogP contribution in [-0.4, -0.2) is 23.5 Å². The summed E-state index contributed by atoms with van der Waals surface area (Å²) in [5.74, 6) is 0.277. The number of nitro groups is 1. The molecule has 11 heteroatoms. The second kappa shape index (κ2) is 10.8. The third kappa shape index (κ3) is 5.50. The van der Waals surface area contributed by atoms with Crippen molar-refractivity contribution < 1.29 is 24.0 Å². The SMILES string of the molecule is CCOc1cc(/C=C2/NC(=O)N(c3cccc(Cl)c3)C2=O)c(Br)cc1OCc1cccc([N+](=O)[O-])c1. The molecule has 0 spiro atoms. The van der Waals surface area contributed by atoms with E-state index in [0.29, 0.717) is 44.4 Å². The molecule has 0 radical (unpaired) electrons. The average molecular weight is 573 g/mol. The van der Waals surface area contributed by atoms with E-state index in [1.165, 1.54) is 24.3 Å². The number of ether oxygens (including phenoxy) is 2. The second-order valence-corrected chi connectivity index (χ2v) is 8.87. The van der Waals surface area contributed by atoms with Crippen molar-refractivity contribution in [2.45, 2.75) is 13.5 Å². The predicted molar refractivity (Wildman–Crippen MR) is 138 cm³/mol. The monoisotopic (exact) mass is 571 g/mol. The Morgan fingerprint density at radius 1 is 1.08 bits per heavy atom. The third-order valence-electron chi connectivity index (χ3n) is 5.12. The lowest BCUT2D eigenvalue weighted by Crippen LogP contribution is -2.30. The molecule has 1 saturated heterocycles. The first-order chi connectivity index (χ1) is 17.3. The lowest BCUT2D eigenvalue weighted by Gasteiger charge is -2.14. The number of anilines is 1. The number of non-ortho nitro benzene ring substituents is 1. The minimum absolute atomic E-state index is 0.0284. The maximum Gasteiger partial charge on any atom is 0.333 e. The van der Waals surface area contributed by atoms with Crippen LogP contribution >= 0.6 is 27.5 Å². The normalized spacial score (nSPS) is 14.2. The van der Waals surface area contributed by atoms with E-state index in [-0.39, 0.29) is 18.0 Å². The summed E-state index contributed by atoms with van der Waals surface area (Å²) >= 11 is 9.48. The van der Waals surface area contributed by atoms with Crippen LogP contribution in [0, 0.1) is 10.1 Å². The fraction of sp³-hybridized carbons (Fsp3) is 0.120. The van der Waals surface area contributed by atoms with E-state index < -0.39 is 16.9 Å². The number of hydrogen-bond acceptors (Lipinski definition) is 6. The number of hydrogen-bond donors (Lipinski definition) is 1. The van der Waals surface area contributed by atoms with Gasteiger partial charge in [-0.15, -0.1) is 0 Å². The number of nitrogens with one attached hydrogen (secondary N) is 1. The van der Waals surface area contributed by atoms with E-state index in [1.54, 1.807) is 42.5 Å². The summed E-state index contributed by atoms with van der Waals surface area (Å²) in [5, 5.41) is 14.0. The molecule has 36 heavy (non-hydrogen) atoms. The van der Waals surface area contributed by atoms with Crippen molar-refractivity contribution in [3.63, 3.8) is 0 Å². The minimum Gasteiger partial charge on any atom is -0.490 e. The van der Waals surface area contributed by atoms with Gasteiger partial charge >= 0.3 is 6.03 Å². The number of benzene rings is 3. The van der Waals surface area contributed by atoms with E-state index >= 15 is 0 Å². The van der Waals surface area contributed by atoms with Gasteiger partial charge in [0.25, 0.3) is 11.6 Å². The summed E-state index contributed by atoms with van der Waals surface area (Å²) in [6, 6.07) is 15.3. The zero-order valence-electron chi connectivity index (χ0n) is 18.9. The van der Waals surface area contributed by atoms with Gasteiger partial charge in [0.1, 0.15) is 12.3 Å². The van der Waals surface area contributed by atoms with Crippen LogP contribution in [0.1, 0.15) is 18.1 Å². The van der Waals surface area contributed by atoms with Gasteiger partial charge in [-0.25, -0.2) is 9.69 Å². The molecule has 3 aromatic carbocycles. The van der Waals surface area contributed by atoms with Crippen LogP contribution in [0.15, 0.2) is 70.8 Å². The summed E-state index contributed by atoms with van der Waals surface area (Å²) in [7, 11) is 0. The van der Waals surface area contributed by atoms with Gasteiger partial charge in [0.05, 0.1) is 17.2 Å². The van der Waals surface area contributed by atoms with Gasteiger partial charge in [-0.1, -0.05) is 45.7 Å². The number of rotatable bonds is 8. The summed E-state index contributed by atoms with van der Waals surface area (Å²) in [4.78, 5) is 37.0. The van der Waals surface area contributed by atoms with Gasteiger partial charge in [0.2, 0.25) is 0 Å². The highest BCUT2D eigenvalue weighted by molar-refractivity contribution is 9.10. The number of nitro benzene ring substituents is 1. The molecule has 4 rings (SSSR count). The molecule has 0 unspecified atom stereocenters. The Labute approximate surface area is 219 Å². The van der Waals surface area contributed by atoms with E-state index in [9.17, 15) is 19.7 Å². The molecule has 1 aliphatic rings. The molecule has 9 nitrogen and oxygen atoms in total. The lowest BCUT2D eigenvalue weighted by atomic mass is 10.1. The van der Waals surface area contributed by atoms with Crippen molar-refractivity contribution in [1.29, 1.82) is 0 Å². The number of amides is 3. The van der Waals surface area contributed by atoms with Gasteiger partial charge in [-0.2, -0.15) is 0 Å². The van der Waals surface area contributed by atoms with E-state index in [2.05, 4.69) is 21.2 Å². The number of halogens is 2. The number of urea groups is 1. The van der Waals surface area contributed by atoms with Gasteiger partial charge < -0.3 is 14.8 Å². The average Bonchev–Trinajstić information content (AvgIpc) is 3.12. The first-order valence-electron chi connectivity index (χ1n) is 10.7. The van der Waals surface area contributed by atoms with Crippen LogP contribution in [0.4, 0.5) is 16.2 Å². The topological polar surface area (TPSA) is 111 Å². The van der Waals surface area contributed by atoms with Gasteiger partial charge in [-0.05, 0) is 54.5 Å². The lowest BCUT2D eigenvalue weighted by molar-refractivity contribution is -0.384. The minimum atomic E-state index is -0.591. The van der Waals surface area contributed by atoms with Crippen LogP contribution in [0.3, 0.4) is 0 Å². The van der Waals surface area contributed by atoms with Crippen LogP contribution in [0.25, 0.3) is 6.08 Å². The van der Waals surface area contributed by atoms with E-state index in [1.807, 2.05) is 6.92 Å². The molecule has 1 fully saturated rings. The van der Waals surface area contributed by atoms with Crippen molar-refractivity contribution in [2.75, 3.05) is 11.5 Å². The fourth-order valence-corrected chi connectivity index (χ4v) is 4.13. The van der Waals surface area contributed by atoms with Crippen molar-refractivity contribution in [3.05, 3.63) is 97.1 Å². The smallest absolute Gasteiger partial charge is 0.333 e. The van der Waals surface area contributed by atoms with Crippen molar-refractivity contribution in [1.82, 2.24) is 5.32 Å². The Morgan fingerprint density at radius 3 is 2.56 bits per heavy atom. The number of carbonyl (C=O) groups is 2. The Kier molecular flexibility index (Phi) is 7.56. The zero-order chi connectivity index (χ0) is 25.8. The number of carbonyl (C=O) groups excluding carboxylic acids is 2. The van der Waals surface area contributed by atoms with Gasteiger partial charge in [0, 0.05) is 21.6 Å². The number of imide groups is 1. The fourth-order valence-electron chi connectivity index (χ4n) is 3.50. The Hall–Kier alpha value is -3.89.